The summed E-state index contributed by atoms with van der Waals surface area (Å²) in [6.07, 6.45) is 12.2. The Bertz CT molecular complexity index is 641. The topological polar surface area (TPSA) is 12.9 Å². The van der Waals surface area contributed by atoms with Gasteiger partial charge in [0, 0.05) is 11.8 Å². The van der Waals surface area contributed by atoms with Gasteiger partial charge in [0.25, 0.3) is 0 Å². The van der Waals surface area contributed by atoms with E-state index in [9.17, 15) is 0 Å². The Hall–Kier alpha value is -2.07. The van der Waals surface area contributed by atoms with Gasteiger partial charge in [0.1, 0.15) is 5.69 Å². The third-order valence-corrected chi connectivity index (χ3v) is 4.34. The number of hydrogen-bond donors (Lipinski definition) is 0. The van der Waals surface area contributed by atoms with Crippen LogP contribution in [0.25, 0.3) is 0 Å². The Kier molecular flexibility index (Phi) is 8.11. The lowest BCUT2D eigenvalue weighted by Crippen LogP contribution is -1.87. The third kappa shape index (κ3) is 6.59. The SMILES string of the molecule is CCCCCCCCc1ccc(C#Cc2ccc(CC)cn2)cc1. The molecule has 1 heteroatoms. The minimum absolute atomic E-state index is 0.836. The van der Waals surface area contributed by atoms with E-state index in [0.717, 1.165) is 17.7 Å². The molecule has 1 aromatic carbocycles. The molecule has 0 spiro atoms. The van der Waals surface area contributed by atoms with Gasteiger partial charge in [0.2, 0.25) is 0 Å². The summed E-state index contributed by atoms with van der Waals surface area (Å²) in [6, 6.07) is 12.8. The van der Waals surface area contributed by atoms with Gasteiger partial charge in [-0.2, -0.15) is 0 Å². The molecule has 2 rings (SSSR count). The van der Waals surface area contributed by atoms with Crippen LogP contribution in [-0.2, 0) is 12.8 Å². The molecule has 2 aromatic rings. The first-order chi connectivity index (χ1) is 11.8. The molecule has 1 nitrogen and oxygen atoms in total. The molecule has 0 saturated heterocycles. The van der Waals surface area contributed by atoms with Gasteiger partial charge in [-0.3, -0.25) is 0 Å². The standard InChI is InChI=1S/C23H29N/c1-3-5-6-7-8-9-10-21-11-13-22(14-12-21)16-18-23-17-15-20(4-2)19-24-23/h11-15,17,19H,3-10H2,1-2H3. The summed E-state index contributed by atoms with van der Waals surface area (Å²) in [7, 11) is 0. The maximum absolute atomic E-state index is 4.38. The summed E-state index contributed by atoms with van der Waals surface area (Å²) in [5.74, 6) is 6.35. The largest absolute Gasteiger partial charge is 0.248 e. The molecule has 0 fully saturated rings. The summed E-state index contributed by atoms with van der Waals surface area (Å²) >= 11 is 0. The Morgan fingerprint density at radius 3 is 2.12 bits per heavy atom. The number of benzene rings is 1. The number of nitrogens with zero attached hydrogens (tertiary/aromatic N) is 1. The predicted molar refractivity (Wildman–Crippen MR) is 103 cm³/mol. The van der Waals surface area contributed by atoms with Crippen LogP contribution in [0.2, 0.25) is 0 Å². The molecule has 0 atom stereocenters. The fraction of sp³-hybridized carbons (Fsp3) is 0.435. The fourth-order valence-electron chi connectivity index (χ4n) is 2.71. The van der Waals surface area contributed by atoms with Crippen molar-refractivity contribution in [2.45, 2.75) is 65.2 Å². The van der Waals surface area contributed by atoms with Crippen LogP contribution < -0.4 is 0 Å². The van der Waals surface area contributed by atoms with E-state index in [1.54, 1.807) is 0 Å². The smallest absolute Gasteiger partial charge is 0.113 e. The van der Waals surface area contributed by atoms with E-state index >= 15 is 0 Å². The highest BCUT2D eigenvalue weighted by Crippen LogP contribution is 2.11. The van der Waals surface area contributed by atoms with E-state index in [2.05, 4.69) is 61.0 Å². The van der Waals surface area contributed by atoms with Gasteiger partial charge in [0.05, 0.1) is 0 Å². The average molecular weight is 319 g/mol. The molecule has 0 saturated carbocycles. The number of aryl methyl sites for hydroxylation is 2. The number of pyridine rings is 1. The minimum atomic E-state index is 0.836. The van der Waals surface area contributed by atoms with Crippen molar-refractivity contribution in [3.05, 3.63) is 65.0 Å². The van der Waals surface area contributed by atoms with Crippen LogP contribution in [0, 0.1) is 11.8 Å². The molecule has 0 aliphatic carbocycles. The van der Waals surface area contributed by atoms with Crippen molar-refractivity contribution in [2.75, 3.05) is 0 Å². The molecule has 24 heavy (non-hydrogen) atoms. The number of unbranched alkanes of at least 4 members (excludes halogenated alkanes) is 5. The van der Waals surface area contributed by atoms with Crippen LogP contribution in [0.3, 0.4) is 0 Å². The second-order valence-corrected chi connectivity index (χ2v) is 6.37. The molecule has 0 aliphatic rings. The zero-order valence-corrected chi connectivity index (χ0v) is 15.1. The highest BCUT2D eigenvalue weighted by atomic mass is 14.7. The van der Waals surface area contributed by atoms with Crippen molar-refractivity contribution in [3.8, 4) is 11.8 Å². The van der Waals surface area contributed by atoms with Crippen molar-refractivity contribution in [1.29, 1.82) is 0 Å². The first-order valence-electron chi connectivity index (χ1n) is 9.37. The van der Waals surface area contributed by atoms with Gasteiger partial charge >= 0.3 is 0 Å². The summed E-state index contributed by atoms with van der Waals surface area (Å²) in [5.41, 5.74) is 4.56. The van der Waals surface area contributed by atoms with E-state index in [4.69, 9.17) is 0 Å². The molecule has 0 radical (unpaired) electrons. The van der Waals surface area contributed by atoms with Gasteiger partial charge in [-0.15, -0.1) is 0 Å². The lowest BCUT2D eigenvalue weighted by molar-refractivity contribution is 0.607. The van der Waals surface area contributed by atoms with Crippen molar-refractivity contribution in [3.63, 3.8) is 0 Å². The van der Waals surface area contributed by atoms with Crippen molar-refractivity contribution in [1.82, 2.24) is 4.98 Å². The van der Waals surface area contributed by atoms with Crippen LogP contribution in [-0.4, -0.2) is 4.98 Å². The van der Waals surface area contributed by atoms with E-state index in [1.165, 1.54) is 56.1 Å². The van der Waals surface area contributed by atoms with Crippen molar-refractivity contribution < 1.29 is 0 Å². The van der Waals surface area contributed by atoms with Crippen LogP contribution >= 0.6 is 0 Å². The monoisotopic (exact) mass is 319 g/mol. The summed E-state index contributed by atoms with van der Waals surface area (Å²) in [4.78, 5) is 4.38. The normalized spacial score (nSPS) is 10.2. The highest BCUT2D eigenvalue weighted by molar-refractivity contribution is 5.41. The second kappa shape index (κ2) is 10.7. The number of rotatable bonds is 8. The third-order valence-electron chi connectivity index (χ3n) is 4.34. The Morgan fingerprint density at radius 1 is 0.750 bits per heavy atom. The van der Waals surface area contributed by atoms with Crippen molar-refractivity contribution >= 4 is 0 Å². The van der Waals surface area contributed by atoms with Crippen LogP contribution in [0.4, 0.5) is 0 Å². The van der Waals surface area contributed by atoms with Gasteiger partial charge in [0.15, 0.2) is 0 Å². The summed E-state index contributed by atoms with van der Waals surface area (Å²) in [5, 5.41) is 0. The van der Waals surface area contributed by atoms with E-state index in [0.29, 0.717) is 0 Å². The van der Waals surface area contributed by atoms with E-state index in [1.807, 2.05) is 12.3 Å². The number of hydrogen-bond acceptors (Lipinski definition) is 1. The minimum Gasteiger partial charge on any atom is -0.248 e. The molecule has 1 aromatic heterocycles. The lowest BCUT2D eigenvalue weighted by Gasteiger charge is -2.02. The van der Waals surface area contributed by atoms with Gasteiger partial charge in [-0.05, 0) is 54.5 Å². The molecular weight excluding hydrogens is 290 g/mol. The molecular formula is C23H29N. The first kappa shape index (κ1) is 18.3. The molecule has 0 N–H and O–H groups in total. The first-order valence-corrected chi connectivity index (χ1v) is 9.37. The quantitative estimate of drug-likeness (QED) is 0.433. The maximum atomic E-state index is 4.38. The van der Waals surface area contributed by atoms with Crippen molar-refractivity contribution in [2.24, 2.45) is 0 Å². The van der Waals surface area contributed by atoms with E-state index < -0.39 is 0 Å². The zero-order valence-electron chi connectivity index (χ0n) is 15.1. The highest BCUT2D eigenvalue weighted by Gasteiger charge is 1.95. The predicted octanol–water partition coefficient (Wildman–Crippen LogP) is 5.95. The maximum Gasteiger partial charge on any atom is 0.113 e. The molecule has 1 heterocycles. The zero-order chi connectivity index (χ0) is 17.0. The lowest BCUT2D eigenvalue weighted by atomic mass is 10.0. The van der Waals surface area contributed by atoms with Crippen LogP contribution in [0.1, 0.15) is 74.8 Å². The number of aromatic nitrogens is 1. The molecule has 0 amide bonds. The Balaban J connectivity index is 1.80. The second-order valence-electron chi connectivity index (χ2n) is 6.37. The average Bonchev–Trinajstić information content (AvgIpc) is 2.64. The van der Waals surface area contributed by atoms with Crippen LogP contribution in [0.5, 0.6) is 0 Å². The van der Waals surface area contributed by atoms with E-state index in [-0.39, 0.29) is 0 Å². The van der Waals surface area contributed by atoms with Gasteiger partial charge in [-0.25, -0.2) is 4.98 Å². The Labute approximate surface area is 147 Å². The fourth-order valence-corrected chi connectivity index (χ4v) is 2.71. The molecule has 126 valence electrons. The Morgan fingerprint density at radius 2 is 1.46 bits per heavy atom. The summed E-state index contributed by atoms with van der Waals surface area (Å²) in [6.45, 7) is 4.40. The molecule has 0 unspecified atom stereocenters. The molecule has 0 aliphatic heterocycles. The van der Waals surface area contributed by atoms with Crippen LogP contribution in [0.15, 0.2) is 42.6 Å². The van der Waals surface area contributed by atoms with Gasteiger partial charge in [-0.1, -0.05) is 70.1 Å². The molecule has 0 bridgehead atoms. The summed E-state index contributed by atoms with van der Waals surface area (Å²) < 4.78 is 0. The van der Waals surface area contributed by atoms with Gasteiger partial charge < -0.3 is 0 Å².